The van der Waals surface area contributed by atoms with Crippen LogP contribution >= 0.6 is 0 Å². The van der Waals surface area contributed by atoms with Gasteiger partial charge in [-0.2, -0.15) is 0 Å². The first-order valence-corrected chi connectivity index (χ1v) is 7.36. The first-order chi connectivity index (χ1) is 10.3. The zero-order chi connectivity index (χ0) is 14.5. The number of rotatable bonds is 5. The van der Waals surface area contributed by atoms with Crippen LogP contribution in [0, 0.1) is 0 Å². The lowest BCUT2D eigenvalue weighted by atomic mass is 10.1. The standard InChI is InChI=1S/C18H19NO2/c20-18(19-10-8-14-4-2-1-3-5-14)13-15-6-7-17-16(12-15)9-11-21-17/h1-7,12H,8-11,13H2,(H,19,20). The van der Waals surface area contributed by atoms with Crippen LogP contribution in [0.2, 0.25) is 0 Å². The van der Waals surface area contributed by atoms with Crippen molar-refractivity contribution in [3.8, 4) is 5.75 Å². The number of hydrogen-bond acceptors (Lipinski definition) is 2. The topological polar surface area (TPSA) is 38.3 Å². The molecule has 3 nitrogen and oxygen atoms in total. The number of ether oxygens (including phenoxy) is 1. The third kappa shape index (κ3) is 3.63. The van der Waals surface area contributed by atoms with Gasteiger partial charge in [0.05, 0.1) is 13.0 Å². The van der Waals surface area contributed by atoms with Crippen molar-refractivity contribution in [3.05, 3.63) is 65.2 Å². The predicted octanol–water partition coefficient (Wildman–Crippen LogP) is 2.52. The van der Waals surface area contributed by atoms with Gasteiger partial charge in [0.1, 0.15) is 5.75 Å². The van der Waals surface area contributed by atoms with Crippen LogP contribution in [0.25, 0.3) is 0 Å². The van der Waals surface area contributed by atoms with Gasteiger partial charge in [0.25, 0.3) is 0 Å². The van der Waals surface area contributed by atoms with E-state index < -0.39 is 0 Å². The molecule has 2 aromatic carbocycles. The van der Waals surface area contributed by atoms with Gasteiger partial charge >= 0.3 is 0 Å². The molecule has 1 aliphatic rings. The van der Waals surface area contributed by atoms with E-state index in [1.165, 1.54) is 11.1 Å². The first kappa shape index (κ1) is 13.7. The molecule has 0 radical (unpaired) electrons. The number of carbonyl (C=O) groups excluding carboxylic acids is 1. The zero-order valence-electron chi connectivity index (χ0n) is 12.0. The van der Waals surface area contributed by atoms with Gasteiger partial charge < -0.3 is 10.1 Å². The molecule has 0 fully saturated rings. The van der Waals surface area contributed by atoms with E-state index in [0.717, 1.165) is 30.8 Å². The Labute approximate surface area is 124 Å². The third-order valence-corrected chi connectivity index (χ3v) is 3.70. The van der Waals surface area contributed by atoms with E-state index in [2.05, 4.69) is 23.5 Å². The number of nitrogens with one attached hydrogen (secondary N) is 1. The van der Waals surface area contributed by atoms with Gasteiger partial charge in [0.2, 0.25) is 5.91 Å². The second kappa shape index (κ2) is 6.44. The lowest BCUT2D eigenvalue weighted by molar-refractivity contribution is -0.120. The van der Waals surface area contributed by atoms with Gasteiger partial charge in [0, 0.05) is 13.0 Å². The summed E-state index contributed by atoms with van der Waals surface area (Å²) >= 11 is 0. The van der Waals surface area contributed by atoms with Gasteiger partial charge in [0.15, 0.2) is 0 Å². The molecule has 1 aliphatic heterocycles. The van der Waals surface area contributed by atoms with Gasteiger partial charge in [-0.05, 0) is 29.2 Å². The van der Waals surface area contributed by atoms with Crippen LogP contribution in [-0.2, 0) is 24.1 Å². The maximum atomic E-state index is 12.0. The normalized spacial score (nSPS) is 12.6. The Kier molecular flexibility index (Phi) is 4.20. The number of hydrogen-bond donors (Lipinski definition) is 1. The highest BCUT2D eigenvalue weighted by Crippen LogP contribution is 2.25. The molecule has 0 atom stereocenters. The highest BCUT2D eigenvalue weighted by atomic mass is 16.5. The van der Waals surface area contributed by atoms with Crippen LogP contribution in [0.4, 0.5) is 0 Å². The Balaban J connectivity index is 1.48. The molecule has 3 rings (SSSR count). The number of fused-ring (bicyclic) bond motifs is 1. The molecular weight excluding hydrogens is 262 g/mol. The minimum Gasteiger partial charge on any atom is -0.493 e. The van der Waals surface area contributed by atoms with Gasteiger partial charge in [-0.25, -0.2) is 0 Å². The average molecular weight is 281 g/mol. The van der Waals surface area contributed by atoms with Crippen molar-refractivity contribution in [2.75, 3.05) is 13.2 Å². The lowest BCUT2D eigenvalue weighted by Crippen LogP contribution is -2.27. The molecular formula is C18H19NO2. The van der Waals surface area contributed by atoms with Crippen LogP contribution in [0.3, 0.4) is 0 Å². The highest BCUT2D eigenvalue weighted by molar-refractivity contribution is 5.78. The summed E-state index contributed by atoms with van der Waals surface area (Å²) in [5.41, 5.74) is 3.51. The van der Waals surface area contributed by atoms with Crippen molar-refractivity contribution in [2.45, 2.75) is 19.3 Å². The molecule has 0 aliphatic carbocycles. The molecule has 1 N–H and O–H groups in total. The van der Waals surface area contributed by atoms with E-state index in [9.17, 15) is 4.79 Å². The molecule has 1 heterocycles. The van der Waals surface area contributed by atoms with Crippen LogP contribution in [-0.4, -0.2) is 19.1 Å². The van der Waals surface area contributed by atoms with E-state index in [1.807, 2.05) is 30.3 Å². The summed E-state index contributed by atoms with van der Waals surface area (Å²) in [5, 5.41) is 2.98. The van der Waals surface area contributed by atoms with Crippen molar-refractivity contribution >= 4 is 5.91 Å². The SMILES string of the molecule is O=C(Cc1ccc2c(c1)CCO2)NCCc1ccccc1. The predicted molar refractivity (Wildman–Crippen MR) is 82.5 cm³/mol. The van der Waals surface area contributed by atoms with E-state index in [4.69, 9.17) is 4.74 Å². The maximum absolute atomic E-state index is 12.0. The molecule has 0 spiro atoms. The Hall–Kier alpha value is -2.29. The van der Waals surface area contributed by atoms with E-state index >= 15 is 0 Å². The largest absolute Gasteiger partial charge is 0.493 e. The van der Waals surface area contributed by atoms with Crippen LogP contribution in [0.5, 0.6) is 5.75 Å². The smallest absolute Gasteiger partial charge is 0.224 e. The van der Waals surface area contributed by atoms with Gasteiger partial charge in [-0.1, -0.05) is 42.5 Å². The molecule has 0 saturated carbocycles. The molecule has 1 amide bonds. The molecule has 0 saturated heterocycles. The summed E-state index contributed by atoms with van der Waals surface area (Å²) in [6.07, 6.45) is 2.24. The molecule has 108 valence electrons. The Morgan fingerprint density at radius 2 is 1.95 bits per heavy atom. The quantitative estimate of drug-likeness (QED) is 0.914. The fraction of sp³-hybridized carbons (Fsp3) is 0.278. The summed E-state index contributed by atoms with van der Waals surface area (Å²) < 4.78 is 5.47. The summed E-state index contributed by atoms with van der Waals surface area (Å²) in [5.74, 6) is 1.04. The number of benzene rings is 2. The Bertz CT molecular complexity index is 622. The van der Waals surface area contributed by atoms with Crippen molar-refractivity contribution in [1.29, 1.82) is 0 Å². The van der Waals surface area contributed by atoms with Crippen molar-refractivity contribution in [1.82, 2.24) is 5.32 Å². The highest BCUT2D eigenvalue weighted by Gasteiger charge is 2.13. The molecule has 0 aromatic heterocycles. The molecule has 0 bridgehead atoms. The molecule has 21 heavy (non-hydrogen) atoms. The average Bonchev–Trinajstić information content (AvgIpc) is 2.96. The van der Waals surface area contributed by atoms with E-state index in [-0.39, 0.29) is 5.91 Å². The second-order valence-electron chi connectivity index (χ2n) is 5.30. The van der Waals surface area contributed by atoms with Crippen molar-refractivity contribution in [3.63, 3.8) is 0 Å². The maximum Gasteiger partial charge on any atom is 0.224 e. The van der Waals surface area contributed by atoms with Crippen LogP contribution in [0.1, 0.15) is 16.7 Å². The zero-order valence-corrected chi connectivity index (χ0v) is 12.0. The second-order valence-corrected chi connectivity index (χ2v) is 5.30. The number of amides is 1. The summed E-state index contributed by atoms with van der Waals surface area (Å²) in [4.78, 5) is 12.0. The van der Waals surface area contributed by atoms with Gasteiger partial charge in [-0.3, -0.25) is 4.79 Å². The summed E-state index contributed by atoms with van der Waals surface area (Å²) in [6.45, 7) is 1.43. The molecule has 3 heteroatoms. The van der Waals surface area contributed by atoms with E-state index in [0.29, 0.717) is 13.0 Å². The number of carbonyl (C=O) groups is 1. The molecule has 0 unspecified atom stereocenters. The first-order valence-electron chi connectivity index (χ1n) is 7.36. The minimum absolute atomic E-state index is 0.0739. The fourth-order valence-corrected chi connectivity index (χ4v) is 2.59. The Morgan fingerprint density at radius 1 is 1.10 bits per heavy atom. The third-order valence-electron chi connectivity index (χ3n) is 3.70. The molecule has 2 aromatic rings. The lowest BCUT2D eigenvalue weighted by Gasteiger charge is -2.07. The fourth-order valence-electron chi connectivity index (χ4n) is 2.59. The van der Waals surface area contributed by atoms with Gasteiger partial charge in [-0.15, -0.1) is 0 Å². The minimum atomic E-state index is 0.0739. The summed E-state index contributed by atoms with van der Waals surface area (Å²) in [7, 11) is 0. The monoisotopic (exact) mass is 281 g/mol. The van der Waals surface area contributed by atoms with Crippen LogP contribution in [0.15, 0.2) is 48.5 Å². The Morgan fingerprint density at radius 3 is 2.81 bits per heavy atom. The van der Waals surface area contributed by atoms with Crippen molar-refractivity contribution in [2.24, 2.45) is 0 Å². The van der Waals surface area contributed by atoms with Crippen molar-refractivity contribution < 1.29 is 9.53 Å². The summed E-state index contributed by atoms with van der Waals surface area (Å²) in [6, 6.07) is 16.2. The van der Waals surface area contributed by atoms with E-state index in [1.54, 1.807) is 0 Å². The van der Waals surface area contributed by atoms with Crippen LogP contribution < -0.4 is 10.1 Å².